The Morgan fingerprint density at radius 3 is 2.81 bits per heavy atom. The molecule has 1 atom stereocenters. The largest absolute Gasteiger partial charge is 0.309 e. The first-order valence-corrected chi connectivity index (χ1v) is 6.08. The summed E-state index contributed by atoms with van der Waals surface area (Å²) in [7, 11) is 1.91. The molecule has 0 saturated carbocycles. The van der Waals surface area contributed by atoms with Crippen LogP contribution in [-0.2, 0) is 0 Å². The van der Waals surface area contributed by atoms with Crippen molar-refractivity contribution in [3.8, 4) is 0 Å². The quantitative estimate of drug-likeness (QED) is 0.914. The minimum absolute atomic E-state index is 0.109. The van der Waals surface area contributed by atoms with Crippen LogP contribution in [0.25, 0.3) is 0 Å². The van der Waals surface area contributed by atoms with Gasteiger partial charge in [0.25, 0.3) is 0 Å². The summed E-state index contributed by atoms with van der Waals surface area (Å²) in [5.74, 6) is 0. The first-order valence-electron chi connectivity index (χ1n) is 4.93. The molecule has 0 saturated heterocycles. The van der Waals surface area contributed by atoms with Crippen LogP contribution < -0.4 is 5.32 Å². The zero-order valence-electron chi connectivity index (χ0n) is 9.07. The lowest BCUT2D eigenvalue weighted by atomic mass is 10.0. The maximum absolute atomic E-state index is 6.12. The number of aryl methyl sites for hydroxylation is 1. The van der Waals surface area contributed by atoms with Crippen LogP contribution in [0.5, 0.6) is 0 Å². The Balaban J connectivity index is 2.37. The number of hydrogen-bond donors (Lipinski definition) is 1. The Kier molecular flexibility index (Phi) is 3.53. The van der Waals surface area contributed by atoms with Crippen LogP contribution >= 0.6 is 23.1 Å². The van der Waals surface area contributed by atoms with Gasteiger partial charge in [-0.15, -0.1) is 5.10 Å². The molecule has 16 heavy (non-hydrogen) atoms. The van der Waals surface area contributed by atoms with Crippen molar-refractivity contribution in [2.45, 2.75) is 13.0 Å². The fraction of sp³-hybridized carbons (Fsp3) is 0.273. The van der Waals surface area contributed by atoms with Gasteiger partial charge >= 0.3 is 0 Å². The molecule has 0 spiro atoms. The highest BCUT2D eigenvalue weighted by molar-refractivity contribution is 7.05. The highest BCUT2D eigenvalue weighted by Crippen LogP contribution is 2.27. The molecule has 5 heteroatoms. The van der Waals surface area contributed by atoms with Gasteiger partial charge in [0.2, 0.25) is 0 Å². The highest BCUT2D eigenvalue weighted by Gasteiger charge is 2.14. The summed E-state index contributed by atoms with van der Waals surface area (Å²) in [4.78, 5) is 1.09. The number of hydrogen-bond acceptors (Lipinski definition) is 4. The molecule has 2 aromatic rings. The van der Waals surface area contributed by atoms with Crippen LogP contribution in [0, 0.1) is 6.92 Å². The summed E-state index contributed by atoms with van der Waals surface area (Å²) >= 11 is 7.51. The second-order valence-electron chi connectivity index (χ2n) is 3.55. The molecule has 2 rings (SSSR count). The summed E-state index contributed by atoms with van der Waals surface area (Å²) in [6.07, 6.45) is 1.78. The normalized spacial score (nSPS) is 12.7. The van der Waals surface area contributed by atoms with E-state index in [0.717, 1.165) is 21.0 Å². The molecule has 0 bridgehead atoms. The average molecular weight is 254 g/mol. The zero-order chi connectivity index (χ0) is 11.5. The Bertz CT molecular complexity index is 470. The van der Waals surface area contributed by atoms with Crippen LogP contribution in [0.4, 0.5) is 0 Å². The molecular weight excluding hydrogens is 242 g/mol. The predicted molar refractivity (Wildman–Crippen MR) is 67.0 cm³/mol. The maximum atomic E-state index is 6.12. The molecule has 3 nitrogen and oxygen atoms in total. The molecule has 0 fully saturated rings. The van der Waals surface area contributed by atoms with Crippen LogP contribution in [0.3, 0.4) is 0 Å². The van der Waals surface area contributed by atoms with Crippen molar-refractivity contribution in [3.63, 3.8) is 0 Å². The SMILES string of the molecule is CNC(c1ccc(C)c(Cl)c1)c1cnns1. The van der Waals surface area contributed by atoms with E-state index in [1.807, 2.05) is 26.1 Å². The van der Waals surface area contributed by atoms with Crippen LogP contribution in [0.2, 0.25) is 5.02 Å². The van der Waals surface area contributed by atoms with E-state index >= 15 is 0 Å². The van der Waals surface area contributed by atoms with Crippen molar-refractivity contribution >= 4 is 23.1 Å². The Hall–Kier alpha value is -0.970. The van der Waals surface area contributed by atoms with Gasteiger partial charge in [0.05, 0.1) is 17.1 Å². The van der Waals surface area contributed by atoms with Crippen molar-refractivity contribution < 1.29 is 0 Å². The van der Waals surface area contributed by atoms with Gasteiger partial charge in [-0.25, -0.2) is 0 Å². The van der Waals surface area contributed by atoms with E-state index in [-0.39, 0.29) is 6.04 Å². The lowest BCUT2D eigenvalue weighted by Gasteiger charge is -2.14. The fourth-order valence-corrected chi connectivity index (χ4v) is 2.40. The van der Waals surface area contributed by atoms with E-state index in [1.165, 1.54) is 11.5 Å². The minimum atomic E-state index is 0.109. The summed E-state index contributed by atoms with van der Waals surface area (Å²) in [5.41, 5.74) is 2.21. The molecule has 1 unspecified atom stereocenters. The minimum Gasteiger partial charge on any atom is -0.309 e. The molecule has 1 heterocycles. The molecule has 1 aromatic carbocycles. The number of rotatable bonds is 3. The first kappa shape index (κ1) is 11.5. The smallest absolute Gasteiger partial charge is 0.0701 e. The molecular formula is C11H12ClN3S. The van der Waals surface area contributed by atoms with Gasteiger partial charge in [-0.3, -0.25) is 0 Å². The lowest BCUT2D eigenvalue weighted by Crippen LogP contribution is -2.16. The van der Waals surface area contributed by atoms with Gasteiger partial charge in [-0.1, -0.05) is 28.2 Å². The van der Waals surface area contributed by atoms with Crippen molar-refractivity contribution in [2.24, 2.45) is 0 Å². The molecule has 0 aliphatic carbocycles. The number of aromatic nitrogens is 2. The van der Waals surface area contributed by atoms with Crippen LogP contribution in [-0.4, -0.2) is 16.6 Å². The van der Waals surface area contributed by atoms with Gasteiger partial charge < -0.3 is 5.32 Å². The molecule has 1 N–H and O–H groups in total. The van der Waals surface area contributed by atoms with E-state index in [9.17, 15) is 0 Å². The molecule has 0 radical (unpaired) electrons. The van der Waals surface area contributed by atoms with E-state index < -0.39 is 0 Å². The maximum Gasteiger partial charge on any atom is 0.0701 e. The molecule has 1 aromatic heterocycles. The first-order chi connectivity index (χ1) is 7.72. The average Bonchev–Trinajstić information content (AvgIpc) is 2.78. The number of halogens is 1. The summed E-state index contributed by atoms with van der Waals surface area (Å²) in [6, 6.07) is 6.19. The van der Waals surface area contributed by atoms with Crippen LogP contribution in [0.1, 0.15) is 22.0 Å². The Morgan fingerprint density at radius 1 is 1.44 bits per heavy atom. The zero-order valence-corrected chi connectivity index (χ0v) is 10.6. The Labute approximate surface area is 104 Å². The number of nitrogens with one attached hydrogen (secondary N) is 1. The van der Waals surface area contributed by atoms with Crippen molar-refractivity contribution in [1.29, 1.82) is 0 Å². The van der Waals surface area contributed by atoms with Crippen molar-refractivity contribution in [3.05, 3.63) is 45.4 Å². The summed E-state index contributed by atoms with van der Waals surface area (Å²) in [6.45, 7) is 1.99. The standard InChI is InChI=1S/C11H12ClN3S/c1-7-3-4-8(5-9(7)12)11(13-2)10-6-14-15-16-10/h3-6,11,13H,1-2H3. The van der Waals surface area contributed by atoms with E-state index in [2.05, 4.69) is 21.0 Å². The predicted octanol–water partition coefficient (Wildman–Crippen LogP) is 2.81. The third-order valence-electron chi connectivity index (χ3n) is 2.48. The van der Waals surface area contributed by atoms with E-state index in [4.69, 9.17) is 11.6 Å². The highest BCUT2D eigenvalue weighted by atomic mass is 35.5. The van der Waals surface area contributed by atoms with Crippen molar-refractivity contribution in [1.82, 2.24) is 14.9 Å². The number of benzene rings is 1. The second-order valence-corrected chi connectivity index (χ2v) is 4.77. The number of nitrogens with zero attached hydrogens (tertiary/aromatic N) is 2. The topological polar surface area (TPSA) is 37.8 Å². The third-order valence-corrected chi connectivity index (χ3v) is 3.62. The second kappa shape index (κ2) is 4.91. The van der Waals surface area contributed by atoms with Crippen LogP contribution in [0.15, 0.2) is 24.4 Å². The third kappa shape index (κ3) is 2.24. The van der Waals surface area contributed by atoms with Crippen molar-refractivity contribution in [2.75, 3.05) is 7.05 Å². The van der Waals surface area contributed by atoms with Gasteiger partial charge in [-0.05, 0) is 42.7 Å². The van der Waals surface area contributed by atoms with Gasteiger partial charge in [0.15, 0.2) is 0 Å². The molecule has 0 amide bonds. The molecule has 0 aliphatic heterocycles. The van der Waals surface area contributed by atoms with Gasteiger partial charge in [0, 0.05) is 5.02 Å². The van der Waals surface area contributed by atoms with Gasteiger partial charge in [0.1, 0.15) is 0 Å². The summed E-state index contributed by atoms with van der Waals surface area (Å²) in [5, 5.41) is 7.88. The molecule has 0 aliphatic rings. The summed E-state index contributed by atoms with van der Waals surface area (Å²) < 4.78 is 3.88. The van der Waals surface area contributed by atoms with Gasteiger partial charge in [-0.2, -0.15) is 0 Å². The fourth-order valence-electron chi connectivity index (χ4n) is 1.56. The lowest BCUT2D eigenvalue weighted by molar-refractivity contribution is 0.702. The van der Waals surface area contributed by atoms with E-state index in [1.54, 1.807) is 6.20 Å². The Morgan fingerprint density at radius 2 is 2.25 bits per heavy atom. The monoisotopic (exact) mass is 253 g/mol. The molecule has 84 valence electrons. The van der Waals surface area contributed by atoms with E-state index in [0.29, 0.717) is 0 Å².